The molecule has 1 saturated carbocycles. The Labute approximate surface area is 108 Å². The maximum atomic E-state index is 4.41. The molecule has 1 aliphatic carbocycles. The van der Waals surface area contributed by atoms with Gasteiger partial charge in [0.05, 0.1) is 6.33 Å². The van der Waals surface area contributed by atoms with Gasteiger partial charge in [0.1, 0.15) is 0 Å². The zero-order chi connectivity index (χ0) is 11.9. The zero-order valence-corrected chi connectivity index (χ0v) is 10.9. The zero-order valence-electron chi connectivity index (χ0n) is 10.9. The van der Waals surface area contributed by atoms with Gasteiger partial charge in [-0.25, -0.2) is 4.98 Å². The van der Waals surface area contributed by atoms with Gasteiger partial charge in [-0.05, 0) is 32.2 Å². The summed E-state index contributed by atoms with van der Waals surface area (Å²) < 4.78 is 2.47. The quantitative estimate of drug-likeness (QED) is 0.874. The van der Waals surface area contributed by atoms with Crippen molar-refractivity contribution in [3.63, 3.8) is 0 Å². The van der Waals surface area contributed by atoms with Gasteiger partial charge in [0.2, 0.25) is 0 Å². The maximum absolute atomic E-state index is 4.41. The van der Waals surface area contributed by atoms with Crippen molar-refractivity contribution in [3.05, 3.63) is 18.2 Å². The monoisotopic (exact) mass is 246 g/mol. The summed E-state index contributed by atoms with van der Waals surface area (Å²) in [6.45, 7) is 4.82. The van der Waals surface area contributed by atoms with Crippen LogP contribution in [0.3, 0.4) is 0 Å². The first kappa shape index (κ1) is 11.0. The van der Waals surface area contributed by atoms with Gasteiger partial charge in [-0.2, -0.15) is 0 Å². The SMILES string of the molecule is c1ncn(C2CCN(C3CC3)C2)c1C1CCNC1. The standard InChI is InChI=1S/C14H22N4/c1-2-12(1)17-6-4-13(9-17)18-10-16-8-14(18)11-3-5-15-7-11/h8,10-13,15H,1-7,9H2. The molecule has 4 nitrogen and oxygen atoms in total. The van der Waals surface area contributed by atoms with Crippen molar-refractivity contribution in [1.29, 1.82) is 0 Å². The number of likely N-dealkylation sites (tertiary alicyclic amines) is 1. The highest BCUT2D eigenvalue weighted by molar-refractivity contribution is 5.11. The summed E-state index contributed by atoms with van der Waals surface area (Å²) in [6, 6.07) is 1.58. The van der Waals surface area contributed by atoms with Crippen molar-refractivity contribution in [1.82, 2.24) is 19.8 Å². The molecule has 2 aliphatic heterocycles. The lowest BCUT2D eigenvalue weighted by atomic mass is 10.0. The topological polar surface area (TPSA) is 33.1 Å². The summed E-state index contributed by atoms with van der Waals surface area (Å²) in [5, 5.41) is 3.46. The van der Waals surface area contributed by atoms with E-state index in [0.717, 1.165) is 19.1 Å². The third-order valence-electron chi connectivity index (χ3n) is 4.83. The Morgan fingerprint density at radius 1 is 1.17 bits per heavy atom. The second-order valence-corrected chi connectivity index (χ2v) is 6.08. The summed E-state index contributed by atoms with van der Waals surface area (Å²) in [7, 11) is 0. The molecule has 1 N–H and O–H groups in total. The molecule has 1 aromatic rings. The van der Waals surface area contributed by atoms with Crippen LogP contribution in [0.2, 0.25) is 0 Å². The molecule has 18 heavy (non-hydrogen) atoms. The van der Waals surface area contributed by atoms with Gasteiger partial charge in [-0.15, -0.1) is 0 Å². The summed E-state index contributed by atoms with van der Waals surface area (Å²) >= 11 is 0. The summed E-state index contributed by atoms with van der Waals surface area (Å²) in [6.07, 6.45) is 9.59. The van der Waals surface area contributed by atoms with Crippen LogP contribution < -0.4 is 5.32 Å². The normalized spacial score (nSPS) is 33.3. The van der Waals surface area contributed by atoms with E-state index < -0.39 is 0 Å². The van der Waals surface area contributed by atoms with E-state index in [4.69, 9.17) is 0 Å². The van der Waals surface area contributed by atoms with Crippen molar-refractivity contribution in [2.24, 2.45) is 0 Å². The van der Waals surface area contributed by atoms with Gasteiger partial charge < -0.3 is 9.88 Å². The van der Waals surface area contributed by atoms with Gasteiger partial charge in [0.25, 0.3) is 0 Å². The van der Waals surface area contributed by atoms with Crippen LogP contribution in [0.1, 0.15) is 43.3 Å². The number of rotatable bonds is 3. The first-order valence-corrected chi connectivity index (χ1v) is 7.38. The predicted octanol–water partition coefficient (Wildman–Crippen LogP) is 1.37. The van der Waals surface area contributed by atoms with Crippen LogP contribution in [0, 0.1) is 0 Å². The van der Waals surface area contributed by atoms with Gasteiger partial charge in [-0.1, -0.05) is 0 Å². The third kappa shape index (κ3) is 1.88. The summed E-state index contributed by atoms with van der Waals surface area (Å²) in [4.78, 5) is 7.10. The lowest BCUT2D eigenvalue weighted by Gasteiger charge is -2.19. The Hall–Kier alpha value is -0.870. The minimum absolute atomic E-state index is 0.670. The molecule has 0 spiro atoms. The third-order valence-corrected chi connectivity index (χ3v) is 4.83. The number of hydrogen-bond donors (Lipinski definition) is 1. The van der Waals surface area contributed by atoms with Crippen molar-refractivity contribution < 1.29 is 0 Å². The van der Waals surface area contributed by atoms with Crippen LogP contribution in [-0.4, -0.2) is 46.7 Å². The lowest BCUT2D eigenvalue weighted by molar-refractivity contribution is 0.312. The number of hydrogen-bond acceptors (Lipinski definition) is 3. The molecule has 0 bridgehead atoms. The number of imidazole rings is 1. The van der Waals surface area contributed by atoms with Crippen LogP contribution in [0.5, 0.6) is 0 Å². The van der Waals surface area contributed by atoms with Gasteiger partial charge in [0.15, 0.2) is 0 Å². The summed E-state index contributed by atoms with van der Waals surface area (Å²) in [5.41, 5.74) is 1.46. The highest BCUT2D eigenvalue weighted by Gasteiger charge is 2.35. The van der Waals surface area contributed by atoms with Crippen molar-refractivity contribution in [2.75, 3.05) is 26.2 Å². The lowest BCUT2D eigenvalue weighted by Crippen LogP contribution is -2.24. The van der Waals surface area contributed by atoms with E-state index in [2.05, 4.69) is 32.3 Å². The fraction of sp³-hybridized carbons (Fsp3) is 0.786. The Kier molecular flexibility index (Phi) is 2.66. The molecule has 4 rings (SSSR count). The minimum Gasteiger partial charge on any atom is -0.330 e. The van der Waals surface area contributed by atoms with E-state index in [1.54, 1.807) is 0 Å². The van der Waals surface area contributed by atoms with Gasteiger partial charge in [0, 0.05) is 49.5 Å². The first-order chi connectivity index (χ1) is 8.92. The number of nitrogens with one attached hydrogen (secondary N) is 1. The molecular weight excluding hydrogens is 224 g/mol. The molecule has 0 amide bonds. The first-order valence-electron chi connectivity index (χ1n) is 7.38. The Morgan fingerprint density at radius 3 is 2.89 bits per heavy atom. The second kappa shape index (κ2) is 4.35. The summed E-state index contributed by atoms with van der Waals surface area (Å²) in [5.74, 6) is 0.683. The largest absolute Gasteiger partial charge is 0.330 e. The van der Waals surface area contributed by atoms with Crippen LogP contribution in [0.15, 0.2) is 12.5 Å². The fourth-order valence-electron chi connectivity index (χ4n) is 3.61. The Bertz CT molecular complexity index is 417. The molecule has 4 heteroatoms. The van der Waals surface area contributed by atoms with Crippen molar-refractivity contribution in [3.8, 4) is 0 Å². The number of nitrogens with zero attached hydrogens (tertiary/aromatic N) is 3. The highest BCUT2D eigenvalue weighted by Crippen LogP contribution is 2.35. The van der Waals surface area contributed by atoms with Crippen LogP contribution in [0.4, 0.5) is 0 Å². The van der Waals surface area contributed by atoms with Gasteiger partial charge in [-0.3, -0.25) is 4.90 Å². The average molecular weight is 246 g/mol. The Balaban J connectivity index is 1.52. The predicted molar refractivity (Wildman–Crippen MR) is 70.7 cm³/mol. The van der Waals surface area contributed by atoms with E-state index >= 15 is 0 Å². The molecule has 98 valence electrons. The fourth-order valence-corrected chi connectivity index (χ4v) is 3.61. The molecule has 3 heterocycles. The van der Waals surface area contributed by atoms with Crippen LogP contribution >= 0.6 is 0 Å². The van der Waals surface area contributed by atoms with Gasteiger partial charge >= 0.3 is 0 Å². The second-order valence-electron chi connectivity index (χ2n) is 6.08. The van der Waals surface area contributed by atoms with Crippen molar-refractivity contribution >= 4 is 0 Å². The molecule has 0 radical (unpaired) electrons. The Morgan fingerprint density at radius 2 is 2.11 bits per heavy atom. The van der Waals surface area contributed by atoms with E-state index in [1.165, 1.54) is 44.5 Å². The molecule has 2 saturated heterocycles. The molecule has 2 unspecified atom stereocenters. The number of aromatic nitrogens is 2. The molecule has 3 aliphatic rings. The minimum atomic E-state index is 0.670. The van der Waals surface area contributed by atoms with E-state index in [9.17, 15) is 0 Å². The molecule has 0 aromatic carbocycles. The van der Waals surface area contributed by atoms with Crippen LogP contribution in [0.25, 0.3) is 0 Å². The van der Waals surface area contributed by atoms with E-state index in [0.29, 0.717) is 12.0 Å². The van der Waals surface area contributed by atoms with E-state index in [1.807, 2.05) is 0 Å². The highest BCUT2D eigenvalue weighted by atomic mass is 15.2. The van der Waals surface area contributed by atoms with Crippen LogP contribution in [-0.2, 0) is 0 Å². The molecular formula is C14H22N4. The van der Waals surface area contributed by atoms with E-state index in [-0.39, 0.29) is 0 Å². The smallest absolute Gasteiger partial charge is 0.0951 e. The van der Waals surface area contributed by atoms with Crippen molar-refractivity contribution in [2.45, 2.75) is 43.7 Å². The molecule has 1 aromatic heterocycles. The average Bonchev–Trinajstić information content (AvgIpc) is 2.91. The maximum Gasteiger partial charge on any atom is 0.0951 e. The molecule has 2 atom stereocenters. The molecule has 3 fully saturated rings.